The van der Waals surface area contributed by atoms with E-state index in [1.54, 1.807) is 19.3 Å². The van der Waals surface area contributed by atoms with E-state index in [9.17, 15) is 0 Å². The van der Waals surface area contributed by atoms with Crippen molar-refractivity contribution in [2.45, 2.75) is 20.0 Å². The number of aliphatic hydroxyl groups excluding tert-OH is 1. The minimum absolute atomic E-state index is 0.413. The van der Waals surface area contributed by atoms with Crippen LogP contribution in [0.25, 0.3) is 0 Å². The molecule has 1 N–H and O–H groups in total. The number of hydrogen-bond donors (Lipinski definition) is 1. The molecule has 0 aliphatic carbocycles. The fourth-order valence-corrected chi connectivity index (χ4v) is 0.828. The Bertz CT molecular complexity index is 189. The zero-order valence-corrected chi connectivity index (χ0v) is 5.59. The standard InChI is InChI=1S/C7H10O2/c1-5(8)7-3-4-9-6(7)2/h3-5,8H,1-2H3. The Labute approximate surface area is 54.1 Å². The first-order valence-electron chi connectivity index (χ1n) is 2.94. The van der Waals surface area contributed by atoms with Crippen LogP contribution in [0.15, 0.2) is 16.7 Å². The smallest absolute Gasteiger partial charge is 0.106 e. The van der Waals surface area contributed by atoms with Crippen molar-refractivity contribution in [2.24, 2.45) is 0 Å². The van der Waals surface area contributed by atoms with Crippen LogP contribution >= 0.6 is 0 Å². The van der Waals surface area contributed by atoms with Crippen LogP contribution in [0.2, 0.25) is 0 Å². The summed E-state index contributed by atoms with van der Waals surface area (Å²) in [7, 11) is 0. The van der Waals surface area contributed by atoms with E-state index in [1.807, 2.05) is 6.92 Å². The Morgan fingerprint density at radius 3 is 2.56 bits per heavy atom. The molecule has 0 radical (unpaired) electrons. The van der Waals surface area contributed by atoms with Crippen LogP contribution in [0.4, 0.5) is 0 Å². The predicted octanol–water partition coefficient (Wildman–Crippen LogP) is 1.64. The number of furan rings is 1. The van der Waals surface area contributed by atoms with Gasteiger partial charge in [0, 0.05) is 5.56 Å². The Kier molecular flexibility index (Phi) is 1.58. The highest BCUT2D eigenvalue weighted by atomic mass is 16.3. The summed E-state index contributed by atoms with van der Waals surface area (Å²) >= 11 is 0. The van der Waals surface area contributed by atoms with Gasteiger partial charge in [-0.1, -0.05) is 0 Å². The van der Waals surface area contributed by atoms with Gasteiger partial charge in [0.2, 0.25) is 0 Å². The van der Waals surface area contributed by atoms with Crippen LogP contribution in [-0.2, 0) is 0 Å². The van der Waals surface area contributed by atoms with Crippen molar-refractivity contribution >= 4 is 0 Å². The van der Waals surface area contributed by atoms with Crippen molar-refractivity contribution in [3.8, 4) is 0 Å². The van der Waals surface area contributed by atoms with E-state index in [0.717, 1.165) is 11.3 Å². The van der Waals surface area contributed by atoms with Crippen LogP contribution in [0.5, 0.6) is 0 Å². The molecule has 0 amide bonds. The molecule has 1 aromatic rings. The third-order valence-corrected chi connectivity index (χ3v) is 1.35. The van der Waals surface area contributed by atoms with Gasteiger partial charge in [0.25, 0.3) is 0 Å². The van der Waals surface area contributed by atoms with Crippen LogP contribution in [0.1, 0.15) is 24.4 Å². The molecule has 1 rings (SSSR count). The molecule has 0 aliphatic rings. The lowest BCUT2D eigenvalue weighted by atomic mass is 10.2. The quantitative estimate of drug-likeness (QED) is 0.620. The zero-order valence-electron chi connectivity index (χ0n) is 5.59. The predicted molar refractivity (Wildman–Crippen MR) is 34.1 cm³/mol. The highest BCUT2D eigenvalue weighted by Gasteiger charge is 2.05. The van der Waals surface area contributed by atoms with Crippen molar-refractivity contribution in [1.29, 1.82) is 0 Å². The number of aryl methyl sites for hydroxylation is 1. The number of aliphatic hydroxyl groups is 1. The van der Waals surface area contributed by atoms with Gasteiger partial charge >= 0.3 is 0 Å². The summed E-state index contributed by atoms with van der Waals surface area (Å²) in [4.78, 5) is 0. The van der Waals surface area contributed by atoms with Gasteiger partial charge in [-0.3, -0.25) is 0 Å². The summed E-state index contributed by atoms with van der Waals surface area (Å²) in [6.07, 6.45) is 1.17. The molecule has 2 heteroatoms. The fraction of sp³-hybridized carbons (Fsp3) is 0.429. The monoisotopic (exact) mass is 126 g/mol. The molecule has 1 unspecified atom stereocenters. The molecule has 0 saturated carbocycles. The average molecular weight is 126 g/mol. The third kappa shape index (κ3) is 1.13. The van der Waals surface area contributed by atoms with E-state index >= 15 is 0 Å². The number of hydrogen-bond acceptors (Lipinski definition) is 2. The van der Waals surface area contributed by atoms with Crippen molar-refractivity contribution in [1.82, 2.24) is 0 Å². The second-order valence-electron chi connectivity index (χ2n) is 2.11. The molecular formula is C7H10O2. The lowest BCUT2D eigenvalue weighted by Crippen LogP contribution is -1.89. The van der Waals surface area contributed by atoms with Crippen molar-refractivity contribution in [3.05, 3.63) is 23.7 Å². The maximum Gasteiger partial charge on any atom is 0.106 e. The summed E-state index contributed by atoms with van der Waals surface area (Å²) in [5.41, 5.74) is 0.870. The van der Waals surface area contributed by atoms with E-state index < -0.39 is 6.10 Å². The van der Waals surface area contributed by atoms with Gasteiger partial charge in [0.15, 0.2) is 0 Å². The molecule has 0 spiro atoms. The summed E-state index contributed by atoms with van der Waals surface area (Å²) in [6, 6.07) is 1.78. The number of rotatable bonds is 1. The highest BCUT2D eigenvalue weighted by molar-refractivity contribution is 5.17. The largest absolute Gasteiger partial charge is 0.469 e. The highest BCUT2D eigenvalue weighted by Crippen LogP contribution is 2.16. The summed E-state index contributed by atoms with van der Waals surface area (Å²) in [5, 5.41) is 9.03. The van der Waals surface area contributed by atoms with Gasteiger partial charge in [-0.2, -0.15) is 0 Å². The Morgan fingerprint density at radius 2 is 2.33 bits per heavy atom. The first kappa shape index (κ1) is 6.36. The molecule has 1 atom stereocenters. The van der Waals surface area contributed by atoms with Crippen LogP contribution in [-0.4, -0.2) is 5.11 Å². The molecule has 9 heavy (non-hydrogen) atoms. The molecule has 0 saturated heterocycles. The molecule has 0 fully saturated rings. The van der Waals surface area contributed by atoms with E-state index in [4.69, 9.17) is 9.52 Å². The van der Waals surface area contributed by atoms with Crippen LogP contribution in [0, 0.1) is 6.92 Å². The van der Waals surface area contributed by atoms with Gasteiger partial charge in [-0.25, -0.2) is 0 Å². The molecule has 2 nitrogen and oxygen atoms in total. The maximum absolute atomic E-state index is 9.03. The SMILES string of the molecule is Cc1occc1C(C)O. The van der Waals surface area contributed by atoms with Gasteiger partial charge in [0.1, 0.15) is 5.76 Å². The van der Waals surface area contributed by atoms with E-state index in [0.29, 0.717) is 0 Å². The molecular weight excluding hydrogens is 116 g/mol. The lowest BCUT2D eigenvalue weighted by molar-refractivity contribution is 0.197. The topological polar surface area (TPSA) is 33.4 Å². The zero-order chi connectivity index (χ0) is 6.85. The average Bonchev–Trinajstić information content (AvgIpc) is 2.13. The summed E-state index contributed by atoms with van der Waals surface area (Å²) in [5.74, 6) is 0.796. The van der Waals surface area contributed by atoms with Gasteiger partial charge in [-0.05, 0) is 19.9 Å². The van der Waals surface area contributed by atoms with E-state index in [-0.39, 0.29) is 0 Å². The molecule has 1 aromatic heterocycles. The minimum atomic E-state index is -0.413. The normalized spacial score (nSPS) is 13.7. The Morgan fingerprint density at radius 1 is 1.67 bits per heavy atom. The molecule has 0 aliphatic heterocycles. The lowest BCUT2D eigenvalue weighted by Gasteiger charge is -1.98. The minimum Gasteiger partial charge on any atom is -0.469 e. The summed E-state index contributed by atoms with van der Waals surface area (Å²) in [6.45, 7) is 3.56. The fourth-order valence-electron chi connectivity index (χ4n) is 0.828. The summed E-state index contributed by atoms with van der Waals surface area (Å²) < 4.78 is 4.97. The first-order chi connectivity index (χ1) is 4.22. The maximum atomic E-state index is 9.03. The van der Waals surface area contributed by atoms with Crippen LogP contribution in [0.3, 0.4) is 0 Å². The van der Waals surface area contributed by atoms with Gasteiger partial charge in [-0.15, -0.1) is 0 Å². The molecule has 0 aromatic carbocycles. The Balaban J connectivity index is 2.94. The molecule has 0 bridgehead atoms. The van der Waals surface area contributed by atoms with Gasteiger partial charge < -0.3 is 9.52 Å². The van der Waals surface area contributed by atoms with Crippen molar-refractivity contribution in [2.75, 3.05) is 0 Å². The van der Waals surface area contributed by atoms with Crippen LogP contribution < -0.4 is 0 Å². The van der Waals surface area contributed by atoms with Crippen molar-refractivity contribution in [3.63, 3.8) is 0 Å². The van der Waals surface area contributed by atoms with Gasteiger partial charge in [0.05, 0.1) is 12.4 Å². The molecule has 50 valence electrons. The van der Waals surface area contributed by atoms with Crippen molar-refractivity contribution < 1.29 is 9.52 Å². The second-order valence-corrected chi connectivity index (χ2v) is 2.11. The third-order valence-electron chi connectivity index (χ3n) is 1.35. The Hall–Kier alpha value is -0.760. The second kappa shape index (κ2) is 2.23. The molecule has 1 heterocycles. The first-order valence-corrected chi connectivity index (χ1v) is 2.94. The van der Waals surface area contributed by atoms with E-state index in [2.05, 4.69) is 0 Å². The van der Waals surface area contributed by atoms with E-state index in [1.165, 1.54) is 0 Å².